The van der Waals surface area contributed by atoms with Crippen LogP contribution >= 0.6 is 0 Å². The van der Waals surface area contributed by atoms with E-state index in [1.165, 1.54) is 0 Å². The first-order valence-electron chi connectivity index (χ1n) is 5.68. The van der Waals surface area contributed by atoms with Gasteiger partial charge in [-0.25, -0.2) is 9.59 Å². The molecule has 0 aromatic heterocycles. The van der Waals surface area contributed by atoms with Gasteiger partial charge in [-0.15, -0.1) is 0 Å². The standard InChI is InChI=1S/C15H16O4/c1-9(2)14(16)18-12-7-6-8-13(11(12)5)19-15(17)10(3)4/h6-8H,1,3H2,2,4-5H3. The van der Waals surface area contributed by atoms with Gasteiger partial charge in [-0.1, -0.05) is 19.2 Å². The normalized spacial score (nSPS) is 9.63. The zero-order valence-corrected chi connectivity index (χ0v) is 11.3. The molecule has 0 radical (unpaired) electrons. The third-order valence-electron chi connectivity index (χ3n) is 2.34. The first-order valence-corrected chi connectivity index (χ1v) is 5.68. The third kappa shape index (κ3) is 3.81. The zero-order chi connectivity index (χ0) is 14.6. The van der Waals surface area contributed by atoms with Gasteiger partial charge < -0.3 is 9.47 Å². The Hall–Kier alpha value is -2.36. The zero-order valence-electron chi connectivity index (χ0n) is 11.3. The van der Waals surface area contributed by atoms with Crippen LogP contribution in [0.5, 0.6) is 11.5 Å². The second-order valence-corrected chi connectivity index (χ2v) is 4.22. The average molecular weight is 260 g/mol. The van der Waals surface area contributed by atoms with Crippen molar-refractivity contribution >= 4 is 11.9 Å². The van der Waals surface area contributed by atoms with Crippen LogP contribution in [0.3, 0.4) is 0 Å². The molecule has 0 aliphatic heterocycles. The molecule has 0 saturated heterocycles. The Bertz CT molecular complexity index is 509. The van der Waals surface area contributed by atoms with Gasteiger partial charge in [0.15, 0.2) is 0 Å². The van der Waals surface area contributed by atoms with Crippen LogP contribution in [-0.2, 0) is 9.59 Å². The van der Waals surface area contributed by atoms with Gasteiger partial charge in [-0.2, -0.15) is 0 Å². The molecule has 0 atom stereocenters. The number of rotatable bonds is 4. The van der Waals surface area contributed by atoms with Gasteiger partial charge in [0.1, 0.15) is 11.5 Å². The Morgan fingerprint density at radius 2 is 1.32 bits per heavy atom. The summed E-state index contributed by atoms with van der Waals surface area (Å²) in [5.41, 5.74) is 1.15. The van der Waals surface area contributed by atoms with E-state index in [1.54, 1.807) is 39.0 Å². The van der Waals surface area contributed by atoms with Crippen LogP contribution in [0, 0.1) is 6.92 Å². The van der Waals surface area contributed by atoms with Crippen molar-refractivity contribution in [3.63, 3.8) is 0 Å². The molecule has 0 saturated carbocycles. The van der Waals surface area contributed by atoms with E-state index in [-0.39, 0.29) is 0 Å². The number of carbonyl (C=O) groups excluding carboxylic acids is 2. The molecule has 0 aliphatic rings. The van der Waals surface area contributed by atoms with Crippen LogP contribution in [0.1, 0.15) is 19.4 Å². The summed E-state index contributed by atoms with van der Waals surface area (Å²) in [6, 6.07) is 4.87. The molecule has 0 aliphatic carbocycles. The quantitative estimate of drug-likeness (QED) is 0.474. The minimum absolute atomic E-state index is 0.295. The monoisotopic (exact) mass is 260 g/mol. The van der Waals surface area contributed by atoms with Crippen molar-refractivity contribution in [1.82, 2.24) is 0 Å². The highest BCUT2D eigenvalue weighted by Gasteiger charge is 2.13. The molecule has 0 amide bonds. The first-order chi connectivity index (χ1) is 8.82. The number of hydrogen-bond donors (Lipinski definition) is 0. The lowest BCUT2D eigenvalue weighted by Gasteiger charge is -2.11. The van der Waals surface area contributed by atoms with Crippen molar-refractivity contribution in [2.45, 2.75) is 20.8 Å². The largest absolute Gasteiger partial charge is 0.423 e. The summed E-state index contributed by atoms with van der Waals surface area (Å²) in [5, 5.41) is 0. The van der Waals surface area contributed by atoms with Gasteiger partial charge in [0.25, 0.3) is 0 Å². The molecule has 0 bridgehead atoms. The fraction of sp³-hybridized carbons (Fsp3) is 0.200. The summed E-state index contributed by atoms with van der Waals surface area (Å²) in [6.45, 7) is 11.8. The van der Waals surface area contributed by atoms with Crippen molar-refractivity contribution in [1.29, 1.82) is 0 Å². The van der Waals surface area contributed by atoms with Crippen molar-refractivity contribution in [3.8, 4) is 11.5 Å². The molecule has 0 fully saturated rings. The topological polar surface area (TPSA) is 52.6 Å². The van der Waals surface area contributed by atoms with Crippen molar-refractivity contribution in [2.24, 2.45) is 0 Å². The van der Waals surface area contributed by atoms with E-state index in [0.29, 0.717) is 28.2 Å². The molecule has 0 spiro atoms. The van der Waals surface area contributed by atoms with Crippen LogP contribution in [0.4, 0.5) is 0 Å². The van der Waals surface area contributed by atoms with Crippen molar-refractivity contribution < 1.29 is 19.1 Å². The van der Waals surface area contributed by atoms with Crippen LogP contribution in [0.25, 0.3) is 0 Å². The fourth-order valence-electron chi connectivity index (χ4n) is 1.19. The highest BCUT2D eigenvalue weighted by Crippen LogP contribution is 2.28. The van der Waals surface area contributed by atoms with Gasteiger partial charge >= 0.3 is 11.9 Å². The van der Waals surface area contributed by atoms with Crippen LogP contribution in [0.15, 0.2) is 42.5 Å². The molecule has 1 aromatic carbocycles. The minimum Gasteiger partial charge on any atom is -0.423 e. The third-order valence-corrected chi connectivity index (χ3v) is 2.34. The maximum atomic E-state index is 11.5. The highest BCUT2D eigenvalue weighted by atomic mass is 16.5. The molecule has 1 rings (SSSR count). The van der Waals surface area contributed by atoms with Crippen LogP contribution < -0.4 is 9.47 Å². The molecular formula is C15H16O4. The van der Waals surface area contributed by atoms with E-state index in [9.17, 15) is 9.59 Å². The molecule has 0 N–H and O–H groups in total. The molecule has 19 heavy (non-hydrogen) atoms. The lowest BCUT2D eigenvalue weighted by molar-refractivity contribution is -0.130. The van der Waals surface area contributed by atoms with Gasteiger partial charge in [-0.05, 0) is 32.9 Å². The molecule has 1 aromatic rings. The number of hydrogen-bond acceptors (Lipinski definition) is 4. The number of esters is 2. The van der Waals surface area contributed by atoms with Crippen LogP contribution in [-0.4, -0.2) is 11.9 Å². The van der Waals surface area contributed by atoms with E-state index in [2.05, 4.69) is 13.2 Å². The van der Waals surface area contributed by atoms with Gasteiger partial charge in [0.2, 0.25) is 0 Å². The van der Waals surface area contributed by atoms with E-state index in [1.807, 2.05) is 0 Å². The Morgan fingerprint density at radius 3 is 1.63 bits per heavy atom. The van der Waals surface area contributed by atoms with E-state index in [0.717, 1.165) is 0 Å². The number of benzene rings is 1. The summed E-state index contributed by atoms with van der Waals surface area (Å²) in [6.07, 6.45) is 0. The molecule has 4 nitrogen and oxygen atoms in total. The summed E-state index contributed by atoms with van der Waals surface area (Å²) < 4.78 is 10.3. The summed E-state index contributed by atoms with van der Waals surface area (Å²) in [5.74, 6) is -0.377. The fourth-order valence-corrected chi connectivity index (χ4v) is 1.19. The number of ether oxygens (including phenoxy) is 2. The Balaban J connectivity index is 2.98. The smallest absolute Gasteiger partial charge is 0.338 e. The van der Waals surface area contributed by atoms with E-state index in [4.69, 9.17) is 9.47 Å². The Morgan fingerprint density at radius 1 is 0.947 bits per heavy atom. The summed E-state index contributed by atoms with van der Waals surface area (Å²) in [7, 11) is 0. The minimum atomic E-state index is -0.522. The van der Waals surface area contributed by atoms with E-state index < -0.39 is 11.9 Å². The lowest BCUT2D eigenvalue weighted by atomic mass is 10.2. The second-order valence-electron chi connectivity index (χ2n) is 4.22. The van der Waals surface area contributed by atoms with Crippen molar-refractivity contribution in [3.05, 3.63) is 48.1 Å². The summed E-state index contributed by atoms with van der Waals surface area (Å²) >= 11 is 0. The van der Waals surface area contributed by atoms with E-state index >= 15 is 0 Å². The predicted molar refractivity (Wildman–Crippen MR) is 72.1 cm³/mol. The molecule has 0 heterocycles. The predicted octanol–water partition coefficient (Wildman–Crippen LogP) is 2.96. The maximum absolute atomic E-state index is 11.5. The van der Waals surface area contributed by atoms with Crippen LogP contribution in [0.2, 0.25) is 0 Å². The maximum Gasteiger partial charge on any atom is 0.338 e. The molecule has 0 unspecified atom stereocenters. The second kappa shape index (κ2) is 6.00. The highest BCUT2D eigenvalue weighted by molar-refractivity contribution is 5.90. The Labute approximate surface area is 112 Å². The van der Waals surface area contributed by atoms with Gasteiger partial charge in [0.05, 0.1) is 0 Å². The van der Waals surface area contributed by atoms with Gasteiger partial charge in [-0.3, -0.25) is 0 Å². The van der Waals surface area contributed by atoms with Gasteiger partial charge in [0, 0.05) is 16.7 Å². The number of carbonyl (C=O) groups is 2. The lowest BCUT2D eigenvalue weighted by Crippen LogP contribution is -2.11. The molecular weight excluding hydrogens is 244 g/mol. The average Bonchev–Trinajstić information content (AvgIpc) is 2.33. The molecule has 4 heteroatoms. The Kier molecular flexibility index (Phi) is 4.64. The first kappa shape index (κ1) is 14.7. The van der Waals surface area contributed by atoms with Crippen molar-refractivity contribution in [2.75, 3.05) is 0 Å². The SMILES string of the molecule is C=C(C)C(=O)Oc1cccc(OC(=O)C(=C)C)c1C. The molecule has 100 valence electrons. The summed E-state index contributed by atoms with van der Waals surface area (Å²) in [4.78, 5) is 22.9.